The van der Waals surface area contributed by atoms with Gasteiger partial charge in [0, 0.05) is 18.8 Å². The molecule has 7 heteroatoms. The van der Waals surface area contributed by atoms with E-state index >= 15 is 0 Å². The van der Waals surface area contributed by atoms with Crippen molar-refractivity contribution in [1.82, 2.24) is 5.32 Å². The minimum absolute atomic E-state index is 0.0335. The van der Waals surface area contributed by atoms with Crippen molar-refractivity contribution < 1.29 is 29.4 Å². The number of amides is 1. The summed E-state index contributed by atoms with van der Waals surface area (Å²) in [4.78, 5) is 44.3. The lowest BCUT2D eigenvalue weighted by Crippen LogP contribution is -2.43. The Bertz CT molecular complexity index is 379. The van der Waals surface area contributed by atoms with E-state index in [0.717, 1.165) is 0 Å². The maximum Gasteiger partial charge on any atom is 0.303 e. The van der Waals surface area contributed by atoms with Crippen LogP contribution in [0.25, 0.3) is 0 Å². The van der Waals surface area contributed by atoms with Gasteiger partial charge in [0.1, 0.15) is 0 Å². The third-order valence-corrected chi connectivity index (χ3v) is 3.02. The Labute approximate surface area is 117 Å². The highest BCUT2D eigenvalue weighted by atomic mass is 16.4. The van der Waals surface area contributed by atoms with Crippen molar-refractivity contribution in [3.8, 4) is 0 Å². The lowest BCUT2D eigenvalue weighted by Gasteiger charge is -2.19. The van der Waals surface area contributed by atoms with Gasteiger partial charge in [-0.15, -0.1) is 0 Å². The molecule has 7 nitrogen and oxygen atoms in total. The quantitative estimate of drug-likeness (QED) is 0.547. The van der Waals surface area contributed by atoms with Crippen molar-refractivity contribution in [1.29, 1.82) is 0 Å². The molecule has 0 aromatic rings. The number of nitrogens with one attached hydrogen (secondary N) is 1. The number of aliphatic carboxylic acids is 2. The number of carbonyl (C=O) groups is 4. The van der Waals surface area contributed by atoms with Crippen LogP contribution in [0.2, 0.25) is 0 Å². The Balaban J connectivity index is 4.51. The predicted octanol–water partition coefficient (Wildman–Crippen LogP) is 0.816. The number of hydrogen-bond acceptors (Lipinski definition) is 4. The van der Waals surface area contributed by atoms with Crippen molar-refractivity contribution in [3.05, 3.63) is 0 Å². The van der Waals surface area contributed by atoms with Gasteiger partial charge in [-0.3, -0.25) is 19.2 Å². The van der Waals surface area contributed by atoms with Crippen LogP contribution in [0.1, 0.15) is 46.0 Å². The topological polar surface area (TPSA) is 121 Å². The van der Waals surface area contributed by atoms with E-state index in [1.54, 1.807) is 6.92 Å². The van der Waals surface area contributed by atoms with Gasteiger partial charge < -0.3 is 15.5 Å². The van der Waals surface area contributed by atoms with Gasteiger partial charge in [0.2, 0.25) is 5.91 Å². The second-order valence-corrected chi connectivity index (χ2v) is 4.64. The number of rotatable bonds is 10. The van der Waals surface area contributed by atoms with Crippen LogP contribution in [0.5, 0.6) is 0 Å². The van der Waals surface area contributed by atoms with Crippen LogP contribution in [0.3, 0.4) is 0 Å². The third-order valence-electron chi connectivity index (χ3n) is 3.02. The Morgan fingerprint density at radius 2 is 1.50 bits per heavy atom. The first-order valence-corrected chi connectivity index (χ1v) is 6.52. The molecule has 0 fully saturated rings. The molecule has 114 valence electrons. The van der Waals surface area contributed by atoms with E-state index in [1.807, 2.05) is 0 Å². The first-order valence-electron chi connectivity index (χ1n) is 6.52. The summed E-state index contributed by atoms with van der Waals surface area (Å²) in [5, 5.41) is 19.7. The van der Waals surface area contributed by atoms with Crippen molar-refractivity contribution >= 4 is 23.6 Å². The van der Waals surface area contributed by atoms with Crippen LogP contribution in [0, 0.1) is 5.92 Å². The van der Waals surface area contributed by atoms with Crippen LogP contribution in [-0.2, 0) is 19.2 Å². The van der Waals surface area contributed by atoms with Crippen LogP contribution in [0.4, 0.5) is 0 Å². The first-order chi connectivity index (χ1) is 9.27. The van der Waals surface area contributed by atoms with Gasteiger partial charge in [0.05, 0.1) is 6.04 Å². The molecule has 0 bridgehead atoms. The molecule has 0 aliphatic carbocycles. The molecule has 0 rings (SSSR count). The standard InChI is InChI=1S/C13H21NO6/c1-3-9(4-6-11(16)17)13(20)14-10(8(2)15)5-7-12(18)19/h9-10H,3-7H2,1-2H3,(H,14,20)(H,16,17)(H,18,19). The molecule has 2 atom stereocenters. The molecule has 0 saturated heterocycles. The van der Waals surface area contributed by atoms with E-state index < -0.39 is 29.8 Å². The highest BCUT2D eigenvalue weighted by Gasteiger charge is 2.23. The molecule has 0 aliphatic heterocycles. The highest BCUT2D eigenvalue weighted by molar-refractivity contribution is 5.88. The summed E-state index contributed by atoms with van der Waals surface area (Å²) in [7, 11) is 0. The molecule has 0 aliphatic rings. The summed E-state index contributed by atoms with van der Waals surface area (Å²) in [6.45, 7) is 3.04. The molecule has 1 amide bonds. The van der Waals surface area contributed by atoms with Crippen molar-refractivity contribution in [3.63, 3.8) is 0 Å². The van der Waals surface area contributed by atoms with E-state index in [4.69, 9.17) is 10.2 Å². The van der Waals surface area contributed by atoms with Gasteiger partial charge >= 0.3 is 11.9 Å². The van der Waals surface area contributed by atoms with Gasteiger partial charge in [0.15, 0.2) is 5.78 Å². The highest BCUT2D eigenvalue weighted by Crippen LogP contribution is 2.12. The number of carboxylic acid groups (broad SMARTS) is 2. The monoisotopic (exact) mass is 287 g/mol. The fourth-order valence-corrected chi connectivity index (χ4v) is 1.75. The second-order valence-electron chi connectivity index (χ2n) is 4.64. The SMILES string of the molecule is CCC(CCC(=O)O)C(=O)NC(CCC(=O)O)C(C)=O. The fraction of sp³-hybridized carbons (Fsp3) is 0.692. The Morgan fingerprint density at radius 1 is 1.00 bits per heavy atom. The molecule has 0 saturated carbocycles. The number of carboxylic acids is 2. The van der Waals surface area contributed by atoms with Crippen molar-refractivity contribution in [2.75, 3.05) is 0 Å². The van der Waals surface area contributed by atoms with Crippen LogP contribution >= 0.6 is 0 Å². The van der Waals surface area contributed by atoms with Crippen molar-refractivity contribution in [2.45, 2.75) is 52.0 Å². The van der Waals surface area contributed by atoms with Crippen LogP contribution in [-0.4, -0.2) is 39.9 Å². The molecule has 0 aromatic heterocycles. The Hall–Kier alpha value is -1.92. The van der Waals surface area contributed by atoms with Gasteiger partial charge in [0.25, 0.3) is 0 Å². The fourth-order valence-electron chi connectivity index (χ4n) is 1.75. The van der Waals surface area contributed by atoms with E-state index in [2.05, 4.69) is 5.32 Å². The minimum atomic E-state index is -1.04. The average molecular weight is 287 g/mol. The van der Waals surface area contributed by atoms with Gasteiger partial charge in [-0.2, -0.15) is 0 Å². The average Bonchev–Trinajstić information content (AvgIpc) is 2.34. The zero-order valence-electron chi connectivity index (χ0n) is 11.7. The molecule has 0 radical (unpaired) electrons. The Morgan fingerprint density at radius 3 is 1.90 bits per heavy atom. The predicted molar refractivity (Wildman–Crippen MR) is 70.1 cm³/mol. The molecule has 3 N–H and O–H groups in total. The van der Waals surface area contributed by atoms with E-state index in [-0.39, 0.29) is 31.5 Å². The van der Waals surface area contributed by atoms with E-state index in [1.165, 1.54) is 6.92 Å². The largest absolute Gasteiger partial charge is 0.481 e. The minimum Gasteiger partial charge on any atom is -0.481 e. The summed E-state index contributed by atoms with van der Waals surface area (Å²) < 4.78 is 0. The van der Waals surface area contributed by atoms with Gasteiger partial charge in [-0.05, 0) is 26.2 Å². The lowest BCUT2D eigenvalue weighted by molar-refractivity contribution is -0.139. The molecule has 0 aromatic carbocycles. The summed E-state index contributed by atoms with van der Waals surface area (Å²) >= 11 is 0. The normalized spacial score (nSPS) is 13.3. The summed E-state index contributed by atoms with van der Waals surface area (Å²) in [6.07, 6.45) is 0.359. The molecule has 0 heterocycles. The van der Waals surface area contributed by atoms with E-state index in [0.29, 0.717) is 6.42 Å². The second kappa shape index (κ2) is 9.06. The zero-order chi connectivity index (χ0) is 15.7. The van der Waals surface area contributed by atoms with Gasteiger partial charge in [-0.25, -0.2) is 0 Å². The summed E-state index contributed by atoms with van der Waals surface area (Å²) in [6, 6.07) is -0.836. The number of Topliss-reactive ketones (excluding diaryl/α,β-unsaturated/α-hetero) is 1. The van der Waals surface area contributed by atoms with E-state index in [9.17, 15) is 19.2 Å². The number of carbonyl (C=O) groups excluding carboxylic acids is 2. The third kappa shape index (κ3) is 7.50. The van der Waals surface area contributed by atoms with Crippen molar-refractivity contribution in [2.24, 2.45) is 5.92 Å². The lowest BCUT2D eigenvalue weighted by atomic mass is 9.98. The Kier molecular flexibility index (Phi) is 8.19. The maximum absolute atomic E-state index is 11.9. The summed E-state index contributed by atoms with van der Waals surface area (Å²) in [5.74, 6) is -3.22. The molecule has 20 heavy (non-hydrogen) atoms. The van der Waals surface area contributed by atoms with Gasteiger partial charge in [-0.1, -0.05) is 6.92 Å². The van der Waals surface area contributed by atoms with Crippen LogP contribution < -0.4 is 5.32 Å². The molecule has 2 unspecified atom stereocenters. The first kappa shape index (κ1) is 18.1. The molecular weight excluding hydrogens is 266 g/mol. The molecular formula is C13H21NO6. The summed E-state index contributed by atoms with van der Waals surface area (Å²) in [5.41, 5.74) is 0. The smallest absolute Gasteiger partial charge is 0.303 e. The molecule has 0 spiro atoms. The van der Waals surface area contributed by atoms with Crippen LogP contribution in [0.15, 0.2) is 0 Å². The number of ketones is 1. The maximum atomic E-state index is 11.9. The number of hydrogen-bond donors (Lipinski definition) is 3. The zero-order valence-corrected chi connectivity index (χ0v) is 11.7.